The van der Waals surface area contributed by atoms with Crippen LogP contribution in [-0.4, -0.2) is 31.3 Å². The van der Waals surface area contributed by atoms with Gasteiger partial charge in [-0.05, 0) is 37.1 Å². The van der Waals surface area contributed by atoms with Crippen molar-refractivity contribution in [3.05, 3.63) is 100 Å². The summed E-state index contributed by atoms with van der Waals surface area (Å²) in [5, 5.41) is 5.56. The minimum absolute atomic E-state index is 0.0922. The van der Waals surface area contributed by atoms with Gasteiger partial charge in [-0.15, -0.1) is 0 Å². The summed E-state index contributed by atoms with van der Waals surface area (Å²) in [5.74, 6) is -0.757. The third-order valence-corrected chi connectivity index (χ3v) is 6.76. The molecule has 0 saturated heterocycles. The van der Waals surface area contributed by atoms with Crippen LogP contribution in [0.5, 0.6) is 5.75 Å². The van der Waals surface area contributed by atoms with E-state index in [1.54, 1.807) is 17.8 Å². The Hall–Kier alpha value is -4.24. The van der Waals surface area contributed by atoms with Gasteiger partial charge < -0.3 is 9.47 Å². The lowest BCUT2D eigenvalue weighted by Gasteiger charge is -2.10. The maximum Gasteiger partial charge on any atom is 0.181 e. The Morgan fingerprint density at radius 2 is 1.87 bits per heavy atom. The Bertz CT molecular complexity index is 1640. The number of para-hydroxylation sites is 1. The van der Waals surface area contributed by atoms with Crippen molar-refractivity contribution in [1.29, 1.82) is 0 Å². The first-order valence-electron chi connectivity index (χ1n) is 12.4. The van der Waals surface area contributed by atoms with Crippen molar-refractivity contribution in [3.63, 3.8) is 0 Å². The number of halogens is 2. The van der Waals surface area contributed by atoms with Crippen molar-refractivity contribution in [2.45, 2.75) is 40.0 Å². The topological polar surface area (TPSA) is 75.0 Å². The van der Waals surface area contributed by atoms with Gasteiger partial charge in [0.05, 0.1) is 43.3 Å². The SMILES string of the molecule is CCOc1cc(F)c(Cn2nc(-c3nc4c(c(Cc5ccncc5C)n3)COC4)c3ccccc32)c(F)c1. The molecule has 2 aromatic carbocycles. The number of aryl methyl sites for hydroxylation is 1. The van der Waals surface area contributed by atoms with Crippen LogP contribution in [0, 0.1) is 18.6 Å². The van der Waals surface area contributed by atoms with E-state index in [2.05, 4.69) is 4.98 Å². The molecule has 1 aliphatic rings. The van der Waals surface area contributed by atoms with E-state index in [1.165, 1.54) is 12.1 Å². The highest BCUT2D eigenvalue weighted by Crippen LogP contribution is 2.31. The third kappa shape index (κ3) is 4.39. The molecule has 0 atom stereocenters. The summed E-state index contributed by atoms with van der Waals surface area (Å²) in [6.45, 7) is 4.87. The first-order chi connectivity index (χ1) is 18.5. The molecule has 0 spiro atoms. The van der Waals surface area contributed by atoms with Crippen LogP contribution in [0.3, 0.4) is 0 Å². The number of pyridine rings is 1. The van der Waals surface area contributed by atoms with Crippen molar-refractivity contribution in [1.82, 2.24) is 24.7 Å². The van der Waals surface area contributed by atoms with Crippen LogP contribution in [0.15, 0.2) is 54.9 Å². The summed E-state index contributed by atoms with van der Waals surface area (Å²) in [4.78, 5) is 13.9. The predicted octanol–water partition coefficient (Wildman–Crippen LogP) is 5.54. The zero-order chi connectivity index (χ0) is 26.2. The Labute approximate surface area is 218 Å². The number of aromatic nitrogens is 5. The molecule has 38 heavy (non-hydrogen) atoms. The monoisotopic (exact) mass is 513 g/mol. The van der Waals surface area contributed by atoms with E-state index >= 15 is 0 Å². The second-order valence-electron chi connectivity index (χ2n) is 9.21. The van der Waals surface area contributed by atoms with Gasteiger partial charge in [-0.1, -0.05) is 18.2 Å². The fraction of sp³-hybridized carbons (Fsp3) is 0.241. The standard InChI is InChI=1S/C29H25F2N5O2/c1-3-38-19-11-23(30)21(24(31)12-19)14-36-27-7-5-4-6-20(27)28(35-36)29-33-25(22-15-37-16-26(22)34-29)10-18-8-9-32-13-17(18)2/h4-9,11-13H,3,10,14-16H2,1-2H3. The molecule has 4 heterocycles. The summed E-state index contributed by atoms with van der Waals surface area (Å²) < 4.78 is 42.3. The normalized spacial score (nSPS) is 12.7. The molecule has 6 rings (SSSR count). The molecule has 3 aromatic heterocycles. The van der Waals surface area contributed by atoms with Gasteiger partial charge in [0.25, 0.3) is 0 Å². The van der Waals surface area contributed by atoms with E-state index in [4.69, 9.17) is 24.5 Å². The number of hydrogen-bond donors (Lipinski definition) is 0. The lowest BCUT2D eigenvalue weighted by molar-refractivity contribution is 0.133. The van der Waals surface area contributed by atoms with Gasteiger partial charge in [-0.3, -0.25) is 9.67 Å². The van der Waals surface area contributed by atoms with E-state index in [1.807, 2.05) is 43.5 Å². The third-order valence-electron chi connectivity index (χ3n) is 6.76. The van der Waals surface area contributed by atoms with Crippen molar-refractivity contribution in [3.8, 4) is 17.3 Å². The summed E-state index contributed by atoms with van der Waals surface area (Å²) in [6.07, 6.45) is 4.22. The molecule has 0 amide bonds. The number of fused-ring (bicyclic) bond motifs is 2. The second kappa shape index (κ2) is 9.90. The van der Waals surface area contributed by atoms with Crippen LogP contribution < -0.4 is 4.74 Å². The van der Waals surface area contributed by atoms with Crippen molar-refractivity contribution < 1.29 is 18.3 Å². The van der Waals surface area contributed by atoms with Crippen LogP contribution in [0.25, 0.3) is 22.4 Å². The minimum Gasteiger partial charge on any atom is -0.494 e. The number of nitrogens with zero attached hydrogens (tertiary/aromatic N) is 5. The van der Waals surface area contributed by atoms with Crippen molar-refractivity contribution in [2.24, 2.45) is 0 Å². The molecule has 0 saturated carbocycles. The molecule has 0 aliphatic carbocycles. The molecule has 1 aliphatic heterocycles. The first-order valence-corrected chi connectivity index (χ1v) is 12.4. The summed E-state index contributed by atoms with van der Waals surface area (Å²) in [5.41, 5.74) is 6.08. The van der Waals surface area contributed by atoms with Crippen LogP contribution in [0.1, 0.15) is 40.6 Å². The Kier molecular flexibility index (Phi) is 6.29. The van der Waals surface area contributed by atoms with Gasteiger partial charge in [0.15, 0.2) is 5.82 Å². The summed E-state index contributed by atoms with van der Waals surface area (Å²) in [6, 6.07) is 11.9. The molecule has 0 radical (unpaired) electrons. The highest BCUT2D eigenvalue weighted by Gasteiger charge is 2.24. The van der Waals surface area contributed by atoms with E-state index in [0.717, 1.165) is 39.0 Å². The highest BCUT2D eigenvalue weighted by molar-refractivity contribution is 5.91. The highest BCUT2D eigenvalue weighted by atomic mass is 19.1. The molecule has 9 heteroatoms. The van der Waals surface area contributed by atoms with E-state index < -0.39 is 11.6 Å². The minimum atomic E-state index is -0.685. The van der Waals surface area contributed by atoms with Gasteiger partial charge >= 0.3 is 0 Å². The Morgan fingerprint density at radius 1 is 1.05 bits per heavy atom. The van der Waals surface area contributed by atoms with Crippen molar-refractivity contribution >= 4 is 10.9 Å². The van der Waals surface area contributed by atoms with Gasteiger partial charge in [-0.25, -0.2) is 18.7 Å². The van der Waals surface area contributed by atoms with Crippen LogP contribution >= 0.6 is 0 Å². The molecule has 0 unspecified atom stereocenters. The summed E-state index contributed by atoms with van der Waals surface area (Å²) in [7, 11) is 0. The zero-order valence-electron chi connectivity index (χ0n) is 21.0. The molecule has 0 fully saturated rings. The Balaban J connectivity index is 1.44. The van der Waals surface area contributed by atoms with E-state index in [-0.39, 0.29) is 17.9 Å². The van der Waals surface area contributed by atoms with Crippen LogP contribution in [-0.2, 0) is 30.9 Å². The smallest absolute Gasteiger partial charge is 0.181 e. The molecule has 0 N–H and O–H groups in total. The maximum atomic E-state index is 14.9. The molecule has 0 bridgehead atoms. The first kappa shape index (κ1) is 24.1. The van der Waals surface area contributed by atoms with Gasteiger partial charge in [0.2, 0.25) is 0 Å². The fourth-order valence-electron chi connectivity index (χ4n) is 4.79. The maximum absolute atomic E-state index is 14.9. The quantitative estimate of drug-likeness (QED) is 0.284. The van der Waals surface area contributed by atoms with Crippen LogP contribution in [0.4, 0.5) is 8.78 Å². The summed E-state index contributed by atoms with van der Waals surface area (Å²) >= 11 is 0. The fourth-order valence-corrected chi connectivity index (χ4v) is 4.79. The average molecular weight is 514 g/mol. The van der Waals surface area contributed by atoms with E-state index in [9.17, 15) is 8.78 Å². The second-order valence-corrected chi connectivity index (χ2v) is 9.21. The van der Waals surface area contributed by atoms with Gasteiger partial charge in [-0.2, -0.15) is 5.10 Å². The average Bonchev–Trinajstić information content (AvgIpc) is 3.53. The lowest BCUT2D eigenvalue weighted by Crippen LogP contribution is -2.08. The molecular weight excluding hydrogens is 488 g/mol. The van der Waals surface area contributed by atoms with Gasteiger partial charge in [0.1, 0.15) is 23.1 Å². The molecular formula is C29H25F2N5O2. The lowest BCUT2D eigenvalue weighted by atomic mass is 10.0. The number of rotatable bonds is 7. The predicted molar refractivity (Wildman–Crippen MR) is 138 cm³/mol. The largest absolute Gasteiger partial charge is 0.494 e. The van der Waals surface area contributed by atoms with E-state index in [0.29, 0.717) is 37.8 Å². The van der Waals surface area contributed by atoms with Crippen LogP contribution in [0.2, 0.25) is 0 Å². The molecule has 192 valence electrons. The van der Waals surface area contributed by atoms with Crippen molar-refractivity contribution in [2.75, 3.05) is 6.61 Å². The zero-order valence-corrected chi connectivity index (χ0v) is 21.0. The number of hydrogen-bond acceptors (Lipinski definition) is 6. The van der Waals surface area contributed by atoms with Gasteiger partial charge in [0, 0.05) is 47.5 Å². The molecule has 5 aromatic rings. The number of benzene rings is 2. The Morgan fingerprint density at radius 3 is 2.66 bits per heavy atom. The number of ether oxygens (including phenoxy) is 2. The molecule has 7 nitrogen and oxygen atoms in total.